The minimum atomic E-state index is -0.166. The molecule has 2 heterocycles. The molecule has 1 aliphatic rings. The van der Waals surface area contributed by atoms with Crippen LogP contribution in [0.25, 0.3) is 6.08 Å². The van der Waals surface area contributed by atoms with Crippen molar-refractivity contribution in [2.24, 2.45) is 0 Å². The Morgan fingerprint density at radius 2 is 2.00 bits per heavy atom. The lowest BCUT2D eigenvalue weighted by Crippen LogP contribution is -2.18. The van der Waals surface area contributed by atoms with Crippen molar-refractivity contribution in [3.8, 4) is 5.75 Å². The molecule has 5 nitrogen and oxygen atoms in total. The molecule has 0 fully saturated rings. The molecule has 0 radical (unpaired) electrons. The molecule has 0 saturated heterocycles. The van der Waals surface area contributed by atoms with E-state index in [4.69, 9.17) is 4.74 Å². The summed E-state index contributed by atoms with van der Waals surface area (Å²) in [6.45, 7) is 9.11. The number of H-pyrrole nitrogens is 1. The molecule has 26 heavy (non-hydrogen) atoms. The second-order valence-corrected chi connectivity index (χ2v) is 7.68. The maximum Gasteiger partial charge on any atom is 0.274 e. The molecule has 138 valence electrons. The smallest absolute Gasteiger partial charge is 0.274 e. The minimum Gasteiger partial charge on any atom is -0.432 e. The van der Waals surface area contributed by atoms with E-state index in [0.717, 1.165) is 30.0 Å². The molecule has 1 aromatic heterocycles. The van der Waals surface area contributed by atoms with Crippen LogP contribution in [0.15, 0.2) is 40.7 Å². The van der Waals surface area contributed by atoms with Gasteiger partial charge in [-0.2, -0.15) is 0 Å². The normalized spacial score (nSPS) is 13.4. The predicted octanol–water partition coefficient (Wildman–Crippen LogP) is 4.26. The fraction of sp³-hybridized carbons (Fsp3) is 0.429. The van der Waals surface area contributed by atoms with E-state index < -0.39 is 0 Å². The summed E-state index contributed by atoms with van der Waals surface area (Å²) in [4.78, 5) is 14.8. The number of aromatic amines is 1. The zero-order chi connectivity index (χ0) is 18.9. The van der Waals surface area contributed by atoms with E-state index in [0.29, 0.717) is 18.0 Å². The van der Waals surface area contributed by atoms with Crippen molar-refractivity contribution >= 4 is 11.8 Å². The molecule has 0 aliphatic carbocycles. The molecular weight excluding hydrogens is 326 g/mol. The third-order valence-electron chi connectivity index (χ3n) is 4.55. The fourth-order valence-electron chi connectivity index (χ4n) is 3.04. The minimum absolute atomic E-state index is 0.00496. The Labute approximate surface area is 154 Å². The number of nitrogens with one attached hydrogen (secondary N) is 1. The first kappa shape index (κ1) is 18.2. The Morgan fingerprint density at radius 3 is 2.65 bits per heavy atom. The molecule has 5 heteroatoms. The van der Waals surface area contributed by atoms with Gasteiger partial charge in [0, 0.05) is 25.1 Å². The predicted molar refractivity (Wildman–Crippen MR) is 106 cm³/mol. The van der Waals surface area contributed by atoms with Crippen LogP contribution in [-0.2, 0) is 12.0 Å². The SMILES string of the molecule is CCCCn1[nH]c(C(C)(C)C)c(C=C=C2Oc3ccccc3N2C)c1=O. The summed E-state index contributed by atoms with van der Waals surface area (Å²) in [6, 6.07) is 7.84. The third-order valence-corrected chi connectivity index (χ3v) is 4.55. The van der Waals surface area contributed by atoms with Crippen LogP contribution >= 0.6 is 0 Å². The highest BCUT2D eigenvalue weighted by atomic mass is 16.5. The molecule has 0 unspecified atom stereocenters. The molecule has 2 aromatic rings. The molecule has 1 aliphatic heterocycles. The summed E-state index contributed by atoms with van der Waals surface area (Å²) in [6.07, 6.45) is 3.76. The summed E-state index contributed by atoms with van der Waals surface area (Å²) in [5.74, 6) is 1.39. The van der Waals surface area contributed by atoms with Crippen LogP contribution in [-0.4, -0.2) is 16.8 Å². The first-order chi connectivity index (χ1) is 12.3. The molecule has 1 aromatic carbocycles. The number of fused-ring (bicyclic) bond motifs is 1. The molecule has 0 atom stereocenters. The van der Waals surface area contributed by atoms with Crippen molar-refractivity contribution in [3.63, 3.8) is 0 Å². The lowest BCUT2D eigenvalue weighted by molar-refractivity contribution is 0.445. The highest BCUT2D eigenvalue weighted by molar-refractivity contribution is 5.66. The summed E-state index contributed by atoms with van der Waals surface area (Å²) in [5, 5.41) is 3.30. The summed E-state index contributed by atoms with van der Waals surface area (Å²) < 4.78 is 7.56. The molecular formula is C21H27N3O2. The second-order valence-electron chi connectivity index (χ2n) is 7.68. The lowest BCUT2D eigenvalue weighted by Gasteiger charge is -2.17. The molecule has 0 bridgehead atoms. The Bertz CT molecular complexity index is 921. The van der Waals surface area contributed by atoms with Gasteiger partial charge in [0.2, 0.25) is 5.88 Å². The van der Waals surface area contributed by atoms with E-state index in [1.54, 1.807) is 10.8 Å². The highest BCUT2D eigenvalue weighted by Gasteiger charge is 2.24. The van der Waals surface area contributed by atoms with Crippen LogP contribution in [0, 0.1) is 0 Å². The van der Waals surface area contributed by atoms with Crippen molar-refractivity contribution in [2.75, 3.05) is 11.9 Å². The standard InChI is InChI=1S/C21H27N3O2/c1-6-7-14-24-20(25)15(19(22-24)21(2,3)4)12-13-18-23(5)16-10-8-9-11-17(16)26-18/h8-12,22H,6-7,14H2,1-5H3. The maximum atomic E-state index is 12.8. The van der Waals surface area contributed by atoms with Crippen LogP contribution in [0.2, 0.25) is 0 Å². The maximum absolute atomic E-state index is 12.8. The van der Waals surface area contributed by atoms with Crippen molar-refractivity contribution in [1.82, 2.24) is 9.78 Å². The number of benzene rings is 1. The van der Waals surface area contributed by atoms with E-state index >= 15 is 0 Å². The van der Waals surface area contributed by atoms with Gasteiger partial charge in [-0.15, -0.1) is 0 Å². The number of anilines is 1. The largest absolute Gasteiger partial charge is 0.432 e. The Morgan fingerprint density at radius 1 is 1.27 bits per heavy atom. The molecule has 1 N–H and O–H groups in total. The number of rotatable bonds is 4. The van der Waals surface area contributed by atoms with Crippen molar-refractivity contribution in [1.29, 1.82) is 0 Å². The number of aryl methyl sites for hydroxylation is 1. The second kappa shape index (κ2) is 6.93. The topological polar surface area (TPSA) is 50.3 Å². The number of aromatic nitrogens is 2. The number of hydrogen-bond donors (Lipinski definition) is 1. The molecule has 3 rings (SSSR count). The number of hydrogen-bond acceptors (Lipinski definition) is 3. The summed E-state index contributed by atoms with van der Waals surface area (Å²) in [5.41, 5.74) is 5.57. The zero-order valence-corrected chi connectivity index (χ0v) is 16.2. The van der Waals surface area contributed by atoms with Crippen LogP contribution in [0.4, 0.5) is 5.69 Å². The van der Waals surface area contributed by atoms with Crippen LogP contribution < -0.4 is 15.2 Å². The molecule has 0 amide bonds. The highest BCUT2D eigenvalue weighted by Crippen LogP contribution is 2.36. The average Bonchev–Trinajstić information content (AvgIpc) is 3.09. The number of nitrogens with zero attached hydrogens (tertiary/aromatic N) is 2. The van der Waals surface area contributed by atoms with Crippen molar-refractivity contribution in [3.05, 3.63) is 57.5 Å². The van der Waals surface area contributed by atoms with E-state index in [-0.39, 0.29) is 11.0 Å². The third kappa shape index (κ3) is 3.35. The lowest BCUT2D eigenvalue weighted by atomic mass is 9.89. The van der Waals surface area contributed by atoms with E-state index in [1.807, 2.05) is 36.2 Å². The molecule has 0 saturated carbocycles. The first-order valence-electron chi connectivity index (χ1n) is 9.13. The number of para-hydroxylation sites is 2. The number of unbranched alkanes of at least 4 members (excludes halogenated alkanes) is 1. The van der Waals surface area contributed by atoms with Gasteiger partial charge in [-0.3, -0.25) is 14.6 Å². The molecule has 0 spiro atoms. The summed E-state index contributed by atoms with van der Waals surface area (Å²) in [7, 11) is 1.93. The van der Waals surface area contributed by atoms with Gasteiger partial charge in [0.05, 0.1) is 16.9 Å². The Hall–Kier alpha value is -2.65. The van der Waals surface area contributed by atoms with Crippen LogP contribution in [0.3, 0.4) is 0 Å². The zero-order valence-electron chi connectivity index (χ0n) is 16.2. The van der Waals surface area contributed by atoms with Gasteiger partial charge in [0.15, 0.2) is 5.75 Å². The van der Waals surface area contributed by atoms with Gasteiger partial charge in [0.25, 0.3) is 5.56 Å². The van der Waals surface area contributed by atoms with Gasteiger partial charge in [0.1, 0.15) is 0 Å². The van der Waals surface area contributed by atoms with Crippen molar-refractivity contribution in [2.45, 2.75) is 52.5 Å². The average molecular weight is 353 g/mol. The van der Waals surface area contributed by atoms with Gasteiger partial charge in [-0.1, -0.05) is 52.0 Å². The van der Waals surface area contributed by atoms with E-state index in [9.17, 15) is 4.79 Å². The van der Waals surface area contributed by atoms with Gasteiger partial charge >= 0.3 is 0 Å². The Kier molecular flexibility index (Phi) is 4.84. The van der Waals surface area contributed by atoms with Crippen molar-refractivity contribution < 1.29 is 4.74 Å². The van der Waals surface area contributed by atoms with Gasteiger partial charge in [-0.25, -0.2) is 0 Å². The quantitative estimate of drug-likeness (QED) is 0.836. The Balaban J connectivity index is 2.03. The number of ether oxygens (including phenoxy) is 1. The van der Waals surface area contributed by atoms with Gasteiger partial charge in [-0.05, 0) is 18.6 Å². The van der Waals surface area contributed by atoms with E-state index in [1.165, 1.54) is 0 Å². The van der Waals surface area contributed by atoms with Crippen LogP contribution in [0.1, 0.15) is 51.8 Å². The monoisotopic (exact) mass is 353 g/mol. The van der Waals surface area contributed by atoms with Gasteiger partial charge < -0.3 is 9.64 Å². The summed E-state index contributed by atoms with van der Waals surface area (Å²) >= 11 is 0. The van der Waals surface area contributed by atoms with Crippen LogP contribution in [0.5, 0.6) is 5.75 Å². The fourth-order valence-corrected chi connectivity index (χ4v) is 3.04. The van der Waals surface area contributed by atoms with E-state index in [2.05, 4.69) is 38.5 Å². The first-order valence-corrected chi connectivity index (χ1v) is 9.13.